The van der Waals surface area contributed by atoms with Crippen molar-refractivity contribution in [3.63, 3.8) is 0 Å². The van der Waals surface area contributed by atoms with Gasteiger partial charge in [-0.25, -0.2) is 9.59 Å². The predicted octanol–water partition coefficient (Wildman–Crippen LogP) is 1.15. The van der Waals surface area contributed by atoms with E-state index in [2.05, 4.69) is 4.98 Å². The zero-order valence-corrected chi connectivity index (χ0v) is 11.2. The van der Waals surface area contributed by atoms with E-state index in [0.29, 0.717) is 5.52 Å². The molecule has 2 aromatic rings. The number of aromatic carboxylic acids is 1. The number of carboxylic acids is 1. The minimum atomic E-state index is -1.00. The van der Waals surface area contributed by atoms with Gasteiger partial charge in [-0.15, -0.1) is 0 Å². The molecule has 1 aromatic carbocycles. The van der Waals surface area contributed by atoms with Crippen molar-refractivity contribution in [2.45, 2.75) is 13.0 Å². The lowest BCUT2D eigenvalue weighted by Crippen LogP contribution is -2.28. The molecular weight excluding hydrogens is 246 g/mol. The fourth-order valence-corrected chi connectivity index (χ4v) is 2.31. The van der Waals surface area contributed by atoms with E-state index in [1.165, 1.54) is 12.1 Å². The van der Waals surface area contributed by atoms with Crippen LogP contribution in [0.2, 0.25) is 0 Å². The summed E-state index contributed by atoms with van der Waals surface area (Å²) in [6.07, 6.45) is 0. The second-order valence-corrected chi connectivity index (χ2v) is 4.95. The lowest BCUT2D eigenvalue weighted by Gasteiger charge is -2.18. The third kappa shape index (κ3) is 2.53. The molecule has 2 N–H and O–H groups in total. The molecule has 0 radical (unpaired) electrons. The molecule has 0 aliphatic heterocycles. The molecule has 6 nitrogen and oxygen atoms in total. The summed E-state index contributed by atoms with van der Waals surface area (Å²) in [4.78, 5) is 27.6. The highest BCUT2D eigenvalue weighted by molar-refractivity contribution is 5.92. The van der Waals surface area contributed by atoms with Gasteiger partial charge in [0.25, 0.3) is 0 Å². The number of aromatic nitrogens is 2. The van der Waals surface area contributed by atoms with Gasteiger partial charge in [0.1, 0.15) is 0 Å². The zero-order chi connectivity index (χ0) is 14.2. The van der Waals surface area contributed by atoms with Crippen LogP contribution in [0.4, 0.5) is 0 Å². The van der Waals surface area contributed by atoms with Gasteiger partial charge in [0.2, 0.25) is 0 Å². The van der Waals surface area contributed by atoms with Crippen LogP contribution in [0.5, 0.6) is 0 Å². The van der Waals surface area contributed by atoms with Crippen LogP contribution in [-0.2, 0) is 0 Å². The molecule has 19 heavy (non-hydrogen) atoms. The van der Waals surface area contributed by atoms with Crippen molar-refractivity contribution in [1.29, 1.82) is 0 Å². The number of fused-ring (bicyclic) bond motifs is 1. The van der Waals surface area contributed by atoms with Crippen molar-refractivity contribution in [2.75, 3.05) is 20.6 Å². The highest BCUT2D eigenvalue weighted by Gasteiger charge is 2.15. The summed E-state index contributed by atoms with van der Waals surface area (Å²) in [5, 5.41) is 8.94. The van der Waals surface area contributed by atoms with Gasteiger partial charge in [0.05, 0.1) is 16.6 Å². The van der Waals surface area contributed by atoms with Gasteiger partial charge in [0.15, 0.2) is 0 Å². The van der Waals surface area contributed by atoms with Gasteiger partial charge in [-0.1, -0.05) is 0 Å². The first kappa shape index (κ1) is 13.4. The number of carboxylic acid groups (broad SMARTS) is 1. The van der Waals surface area contributed by atoms with Crippen molar-refractivity contribution >= 4 is 17.0 Å². The van der Waals surface area contributed by atoms with E-state index in [0.717, 1.165) is 12.1 Å². The van der Waals surface area contributed by atoms with Crippen LogP contribution in [0.1, 0.15) is 23.3 Å². The fraction of sp³-hybridized carbons (Fsp3) is 0.385. The van der Waals surface area contributed by atoms with Gasteiger partial charge >= 0.3 is 11.7 Å². The van der Waals surface area contributed by atoms with Crippen LogP contribution in [0.3, 0.4) is 0 Å². The first-order valence-electron chi connectivity index (χ1n) is 6.02. The van der Waals surface area contributed by atoms with Crippen LogP contribution in [0.25, 0.3) is 11.0 Å². The Balaban J connectivity index is 2.54. The minimum Gasteiger partial charge on any atom is -0.478 e. The number of H-pyrrole nitrogens is 1. The van der Waals surface area contributed by atoms with Gasteiger partial charge in [-0.3, -0.25) is 4.57 Å². The number of hydrogen-bond donors (Lipinski definition) is 2. The summed E-state index contributed by atoms with van der Waals surface area (Å²) in [6, 6.07) is 4.67. The van der Waals surface area contributed by atoms with Crippen LogP contribution < -0.4 is 5.69 Å². The fourth-order valence-electron chi connectivity index (χ4n) is 2.31. The molecule has 1 heterocycles. The van der Waals surface area contributed by atoms with Crippen molar-refractivity contribution < 1.29 is 9.90 Å². The Labute approximate surface area is 110 Å². The maximum atomic E-state index is 12.0. The smallest absolute Gasteiger partial charge is 0.335 e. The maximum Gasteiger partial charge on any atom is 0.335 e. The molecule has 0 saturated heterocycles. The first-order chi connectivity index (χ1) is 8.90. The highest BCUT2D eigenvalue weighted by atomic mass is 16.4. The number of hydrogen-bond acceptors (Lipinski definition) is 3. The zero-order valence-electron chi connectivity index (χ0n) is 11.2. The Morgan fingerprint density at radius 3 is 2.74 bits per heavy atom. The highest BCUT2D eigenvalue weighted by Crippen LogP contribution is 2.17. The number of nitrogens with zero attached hydrogens (tertiary/aromatic N) is 2. The SMILES string of the molecule is CC(CN(C)C)n1c(=O)[nH]c2cc(C(=O)O)ccc21. The number of benzene rings is 1. The topological polar surface area (TPSA) is 78.3 Å². The van der Waals surface area contributed by atoms with E-state index >= 15 is 0 Å². The summed E-state index contributed by atoms with van der Waals surface area (Å²) in [5.74, 6) is -1.00. The van der Waals surface area contributed by atoms with Gasteiger partial charge in [0, 0.05) is 12.6 Å². The van der Waals surface area contributed by atoms with Crippen LogP contribution in [-0.4, -0.2) is 46.2 Å². The molecule has 1 aromatic heterocycles. The molecule has 0 saturated carbocycles. The number of imidazole rings is 1. The van der Waals surface area contributed by atoms with E-state index < -0.39 is 5.97 Å². The number of carbonyl (C=O) groups is 1. The third-order valence-corrected chi connectivity index (χ3v) is 3.03. The number of aromatic amines is 1. The Morgan fingerprint density at radius 2 is 2.16 bits per heavy atom. The molecule has 0 aliphatic rings. The van der Waals surface area contributed by atoms with E-state index in [1.54, 1.807) is 10.6 Å². The molecule has 0 aliphatic carbocycles. The second-order valence-electron chi connectivity index (χ2n) is 4.95. The molecule has 0 fully saturated rings. The molecule has 0 spiro atoms. The average molecular weight is 263 g/mol. The quantitative estimate of drug-likeness (QED) is 0.867. The number of rotatable bonds is 4. The predicted molar refractivity (Wildman–Crippen MR) is 72.8 cm³/mol. The summed E-state index contributed by atoms with van der Waals surface area (Å²) in [5.41, 5.74) is 1.23. The standard InChI is InChI=1S/C13H17N3O3/c1-8(7-15(2)3)16-11-5-4-9(12(17)18)6-10(11)14-13(16)19/h4-6,8H,7H2,1-3H3,(H,14,19)(H,17,18). The van der Waals surface area contributed by atoms with Crippen molar-refractivity contribution in [2.24, 2.45) is 0 Å². The van der Waals surface area contributed by atoms with Crippen molar-refractivity contribution in [3.05, 3.63) is 34.2 Å². The van der Waals surface area contributed by atoms with Crippen molar-refractivity contribution in [1.82, 2.24) is 14.5 Å². The molecular formula is C13H17N3O3. The Kier molecular flexibility index (Phi) is 3.44. The van der Waals surface area contributed by atoms with Crippen LogP contribution in [0.15, 0.2) is 23.0 Å². The third-order valence-electron chi connectivity index (χ3n) is 3.03. The Morgan fingerprint density at radius 1 is 1.47 bits per heavy atom. The Bertz CT molecular complexity index is 669. The molecule has 0 bridgehead atoms. The maximum absolute atomic E-state index is 12.0. The van der Waals surface area contributed by atoms with Crippen LogP contribution >= 0.6 is 0 Å². The number of likely N-dealkylation sites (N-methyl/N-ethyl adjacent to an activating group) is 1. The van der Waals surface area contributed by atoms with Gasteiger partial charge < -0.3 is 15.0 Å². The summed E-state index contributed by atoms with van der Waals surface area (Å²) < 4.78 is 1.65. The van der Waals surface area contributed by atoms with E-state index in [-0.39, 0.29) is 17.3 Å². The minimum absolute atomic E-state index is 0.00641. The van der Waals surface area contributed by atoms with Crippen molar-refractivity contribution in [3.8, 4) is 0 Å². The summed E-state index contributed by atoms with van der Waals surface area (Å²) >= 11 is 0. The number of nitrogens with one attached hydrogen (secondary N) is 1. The van der Waals surface area contributed by atoms with E-state index in [9.17, 15) is 9.59 Å². The van der Waals surface area contributed by atoms with E-state index in [4.69, 9.17) is 5.11 Å². The lowest BCUT2D eigenvalue weighted by atomic mass is 10.2. The molecule has 1 atom stereocenters. The normalized spacial score (nSPS) is 13.1. The van der Waals surface area contributed by atoms with Gasteiger partial charge in [-0.05, 0) is 39.2 Å². The first-order valence-corrected chi connectivity index (χ1v) is 6.02. The van der Waals surface area contributed by atoms with Gasteiger partial charge in [-0.2, -0.15) is 0 Å². The molecule has 102 valence electrons. The summed E-state index contributed by atoms with van der Waals surface area (Å²) in [6.45, 7) is 2.69. The molecule has 0 amide bonds. The summed E-state index contributed by atoms with van der Waals surface area (Å²) in [7, 11) is 3.89. The average Bonchev–Trinajstić information content (AvgIpc) is 2.62. The Hall–Kier alpha value is -2.08. The second kappa shape index (κ2) is 4.89. The van der Waals surface area contributed by atoms with E-state index in [1.807, 2.05) is 25.9 Å². The monoisotopic (exact) mass is 263 g/mol. The molecule has 2 rings (SSSR count). The largest absolute Gasteiger partial charge is 0.478 e. The molecule has 1 unspecified atom stereocenters. The molecule has 6 heteroatoms. The van der Waals surface area contributed by atoms with Crippen LogP contribution in [0, 0.1) is 0 Å². The lowest BCUT2D eigenvalue weighted by molar-refractivity contribution is 0.0697.